The molecular weight excluding hydrogens is 220 g/mol. The maximum Gasteiger partial charge on any atom is 0.358 e. The van der Waals surface area contributed by atoms with Crippen LogP contribution in [0.5, 0.6) is 0 Å². The predicted molar refractivity (Wildman–Crippen MR) is 59.1 cm³/mol. The van der Waals surface area contributed by atoms with Crippen molar-refractivity contribution in [3.63, 3.8) is 0 Å². The summed E-state index contributed by atoms with van der Waals surface area (Å²) in [6.07, 6.45) is 0. The molecular formula is C8H12N2O2S2. The number of carbonyl (C=O) groups excluding carboxylic acids is 1. The number of carbonyl (C=O) groups is 1. The second kappa shape index (κ2) is 3.70. The molecule has 6 heteroatoms. The summed E-state index contributed by atoms with van der Waals surface area (Å²) in [6.45, 7) is 5.38. The molecule has 1 aromatic rings. The molecule has 0 aliphatic heterocycles. The van der Waals surface area contributed by atoms with Crippen LogP contribution in [0.25, 0.3) is 0 Å². The lowest BCUT2D eigenvalue weighted by atomic mass is 10.2. The number of nitrogens with one attached hydrogen (secondary N) is 1. The summed E-state index contributed by atoms with van der Waals surface area (Å²) < 4.78 is 5.60. The minimum atomic E-state index is -0.527. The number of hydrogen-bond acceptors (Lipinski definition) is 5. The second-order valence-electron chi connectivity index (χ2n) is 3.76. The Morgan fingerprint density at radius 3 is 2.50 bits per heavy atom. The van der Waals surface area contributed by atoms with Crippen LogP contribution in [0.3, 0.4) is 0 Å². The van der Waals surface area contributed by atoms with Crippen molar-refractivity contribution < 1.29 is 9.53 Å². The zero-order valence-electron chi connectivity index (χ0n) is 8.21. The van der Waals surface area contributed by atoms with Crippen LogP contribution in [-0.2, 0) is 4.74 Å². The van der Waals surface area contributed by atoms with Crippen molar-refractivity contribution in [3.8, 4) is 0 Å². The molecule has 0 aliphatic carbocycles. The van der Waals surface area contributed by atoms with Gasteiger partial charge in [0.25, 0.3) is 0 Å². The number of esters is 1. The lowest BCUT2D eigenvalue weighted by Crippen LogP contribution is -2.24. The summed E-state index contributed by atoms with van der Waals surface area (Å²) in [6, 6.07) is 0. The molecule has 1 aromatic heterocycles. The highest BCUT2D eigenvalue weighted by Gasteiger charge is 2.21. The van der Waals surface area contributed by atoms with E-state index in [-0.39, 0.29) is 5.69 Å². The van der Waals surface area contributed by atoms with Crippen LogP contribution < -0.4 is 5.73 Å². The maximum atomic E-state index is 11.5. The van der Waals surface area contributed by atoms with E-state index < -0.39 is 11.6 Å². The van der Waals surface area contributed by atoms with Gasteiger partial charge in [-0.25, -0.2) is 4.79 Å². The SMILES string of the molecule is CC(C)(C)OC(=O)c1[nH]c(=S)sc1N. The molecule has 0 atom stereocenters. The van der Waals surface area contributed by atoms with Gasteiger partial charge in [-0.1, -0.05) is 11.3 Å². The molecule has 0 aromatic carbocycles. The second-order valence-corrected chi connectivity index (χ2v) is 5.47. The molecule has 78 valence electrons. The van der Waals surface area contributed by atoms with Crippen molar-refractivity contribution in [2.45, 2.75) is 26.4 Å². The average Bonchev–Trinajstić information content (AvgIpc) is 2.26. The van der Waals surface area contributed by atoms with Crippen molar-refractivity contribution >= 4 is 34.5 Å². The minimum Gasteiger partial charge on any atom is -0.455 e. The Bertz CT molecular complexity index is 400. The van der Waals surface area contributed by atoms with E-state index in [1.54, 1.807) is 20.8 Å². The molecule has 0 spiro atoms. The van der Waals surface area contributed by atoms with Gasteiger partial charge < -0.3 is 15.5 Å². The molecule has 0 radical (unpaired) electrons. The molecule has 0 saturated heterocycles. The van der Waals surface area contributed by atoms with Gasteiger partial charge >= 0.3 is 5.97 Å². The molecule has 0 saturated carbocycles. The smallest absolute Gasteiger partial charge is 0.358 e. The van der Waals surface area contributed by atoms with Crippen LogP contribution in [0.15, 0.2) is 0 Å². The third-order valence-electron chi connectivity index (χ3n) is 1.28. The van der Waals surface area contributed by atoms with Gasteiger partial charge in [-0.15, -0.1) is 0 Å². The van der Waals surface area contributed by atoms with Crippen LogP contribution in [0, 0.1) is 3.95 Å². The quantitative estimate of drug-likeness (QED) is 0.576. The van der Waals surface area contributed by atoms with E-state index in [4.69, 9.17) is 22.7 Å². The van der Waals surface area contributed by atoms with Crippen LogP contribution in [0.2, 0.25) is 0 Å². The number of nitrogens with two attached hydrogens (primary N) is 1. The summed E-state index contributed by atoms with van der Waals surface area (Å²) in [7, 11) is 0. The van der Waals surface area contributed by atoms with Crippen LogP contribution in [0.1, 0.15) is 31.3 Å². The van der Waals surface area contributed by atoms with Gasteiger partial charge in [0.05, 0.1) is 0 Å². The lowest BCUT2D eigenvalue weighted by molar-refractivity contribution is 0.00649. The molecule has 1 rings (SSSR count). The summed E-state index contributed by atoms with van der Waals surface area (Å²) in [5.41, 5.74) is 5.30. The number of thiazole rings is 1. The maximum absolute atomic E-state index is 11.5. The number of ether oxygens (including phenoxy) is 1. The monoisotopic (exact) mass is 232 g/mol. The summed E-state index contributed by atoms with van der Waals surface area (Å²) in [4.78, 5) is 14.2. The number of aromatic amines is 1. The predicted octanol–water partition coefficient (Wildman–Crippen LogP) is 2.34. The van der Waals surface area contributed by atoms with Gasteiger partial charge in [-0.3, -0.25) is 0 Å². The van der Waals surface area contributed by atoms with Crippen molar-refractivity contribution in [3.05, 3.63) is 9.65 Å². The first-order chi connectivity index (χ1) is 6.29. The first-order valence-corrected chi connectivity index (χ1v) is 5.24. The molecule has 14 heavy (non-hydrogen) atoms. The van der Waals surface area contributed by atoms with E-state index in [2.05, 4.69) is 4.98 Å². The standard InChI is InChI=1S/C8H12N2O2S2/c1-8(2,3)12-6(11)4-5(9)14-7(13)10-4/h9H2,1-3H3,(H,10,13). The number of aromatic nitrogens is 1. The highest BCUT2D eigenvalue weighted by Crippen LogP contribution is 2.20. The van der Waals surface area contributed by atoms with E-state index in [9.17, 15) is 4.79 Å². The van der Waals surface area contributed by atoms with Crippen LogP contribution in [0.4, 0.5) is 5.00 Å². The highest BCUT2D eigenvalue weighted by molar-refractivity contribution is 7.73. The summed E-state index contributed by atoms with van der Waals surface area (Å²) in [5.74, 6) is -0.470. The van der Waals surface area contributed by atoms with Gasteiger partial charge in [-0.05, 0) is 33.0 Å². The number of nitrogen functional groups attached to an aromatic ring is 1. The van der Waals surface area contributed by atoms with Crippen molar-refractivity contribution in [2.24, 2.45) is 0 Å². The number of rotatable bonds is 1. The largest absolute Gasteiger partial charge is 0.455 e. The van der Waals surface area contributed by atoms with E-state index in [0.29, 0.717) is 8.96 Å². The third-order valence-corrected chi connectivity index (χ3v) is 2.34. The first-order valence-electron chi connectivity index (χ1n) is 4.01. The summed E-state index contributed by atoms with van der Waals surface area (Å²) in [5, 5.41) is 0.365. The van der Waals surface area contributed by atoms with Crippen molar-refractivity contribution in [2.75, 3.05) is 5.73 Å². The minimum absolute atomic E-state index is 0.245. The average molecular weight is 232 g/mol. The van der Waals surface area contributed by atoms with Crippen LogP contribution in [-0.4, -0.2) is 16.6 Å². The number of hydrogen-bond donors (Lipinski definition) is 2. The van der Waals surface area contributed by atoms with Crippen LogP contribution >= 0.6 is 23.6 Å². The first kappa shape index (κ1) is 11.2. The van der Waals surface area contributed by atoms with Gasteiger partial charge in [0, 0.05) is 0 Å². The Balaban J connectivity index is 2.91. The van der Waals surface area contributed by atoms with Crippen molar-refractivity contribution in [1.29, 1.82) is 0 Å². The van der Waals surface area contributed by atoms with Gasteiger partial charge in [0.1, 0.15) is 10.6 Å². The molecule has 3 N–H and O–H groups in total. The van der Waals surface area contributed by atoms with E-state index in [0.717, 1.165) is 11.3 Å². The molecule has 0 bridgehead atoms. The number of anilines is 1. The Kier molecular flexibility index (Phi) is 2.96. The lowest BCUT2D eigenvalue weighted by Gasteiger charge is -2.18. The summed E-state index contributed by atoms with van der Waals surface area (Å²) >= 11 is 6.02. The zero-order valence-corrected chi connectivity index (χ0v) is 9.84. The molecule has 0 aliphatic rings. The topological polar surface area (TPSA) is 68.1 Å². The van der Waals surface area contributed by atoms with Gasteiger partial charge in [0.2, 0.25) is 0 Å². The zero-order chi connectivity index (χ0) is 10.9. The van der Waals surface area contributed by atoms with E-state index >= 15 is 0 Å². The third kappa shape index (κ3) is 2.81. The molecule has 0 fully saturated rings. The Hall–Kier alpha value is -0.880. The van der Waals surface area contributed by atoms with E-state index in [1.807, 2.05) is 0 Å². The fourth-order valence-corrected chi connectivity index (χ4v) is 1.78. The Labute approximate surface area is 91.1 Å². The number of H-pyrrole nitrogens is 1. The highest BCUT2D eigenvalue weighted by atomic mass is 32.1. The van der Waals surface area contributed by atoms with Gasteiger partial charge in [0.15, 0.2) is 9.65 Å². The fourth-order valence-electron chi connectivity index (χ4n) is 0.821. The van der Waals surface area contributed by atoms with Crippen molar-refractivity contribution in [1.82, 2.24) is 4.98 Å². The Morgan fingerprint density at radius 1 is 1.57 bits per heavy atom. The van der Waals surface area contributed by atoms with Gasteiger partial charge in [-0.2, -0.15) is 0 Å². The van der Waals surface area contributed by atoms with E-state index in [1.165, 1.54) is 0 Å². The molecule has 0 amide bonds. The molecule has 0 unspecified atom stereocenters. The molecule has 4 nitrogen and oxygen atoms in total. The Morgan fingerprint density at radius 2 is 2.14 bits per heavy atom. The normalized spacial score (nSPS) is 11.4. The fraction of sp³-hybridized carbons (Fsp3) is 0.500. The molecule has 1 heterocycles.